The molecule has 8 nitrogen and oxygen atoms in total. The topological polar surface area (TPSA) is 123 Å². The van der Waals surface area contributed by atoms with Gasteiger partial charge in [0.15, 0.2) is 5.69 Å². The van der Waals surface area contributed by atoms with Gasteiger partial charge in [-0.25, -0.2) is 4.98 Å². The monoisotopic (exact) mass is 389 g/mol. The number of carbonyl (C=O) groups is 1. The minimum Gasteiger partial charge on any atom is -0.397 e. The average molecular weight is 389 g/mol. The van der Waals surface area contributed by atoms with Crippen LogP contribution in [-0.2, 0) is 0 Å². The Morgan fingerprint density at radius 1 is 1.14 bits per heavy atom. The van der Waals surface area contributed by atoms with E-state index in [1.807, 2.05) is 24.3 Å². The Morgan fingerprint density at radius 3 is 2.83 bits per heavy atom. The zero-order valence-electron chi connectivity index (χ0n) is 16.0. The fourth-order valence-corrected chi connectivity index (χ4v) is 3.48. The van der Waals surface area contributed by atoms with Gasteiger partial charge in [0, 0.05) is 31.5 Å². The van der Waals surface area contributed by atoms with Crippen LogP contribution >= 0.6 is 0 Å². The molecule has 1 saturated heterocycles. The summed E-state index contributed by atoms with van der Waals surface area (Å²) in [5.41, 5.74) is 15.4. The van der Waals surface area contributed by atoms with E-state index in [2.05, 4.69) is 25.2 Å². The maximum atomic E-state index is 13.0. The van der Waals surface area contributed by atoms with E-state index < -0.39 is 5.91 Å². The number of nitrogens with two attached hydrogens (primary N) is 2. The molecule has 1 aliphatic rings. The predicted octanol–water partition coefficient (Wildman–Crippen LogP) is 2.30. The summed E-state index contributed by atoms with van der Waals surface area (Å²) in [7, 11) is 0. The molecule has 1 amide bonds. The minimum atomic E-state index is -0.393. The molecule has 1 unspecified atom stereocenters. The van der Waals surface area contributed by atoms with Gasteiger partial charge in [0.1, 0.15) is 0 Å². The zero-order chi connectivity index (χ0) is 20.2. The van der Waals surface area contributed by atoms with Crippen LogP contribution in [0.25, 0.3) is 11.4 Å². The molecule has 0 bridgehead atoms. The highest BCUT2D eigenvalue weighted by Crippen LogP contribution is 2.28. The van der Waals surface area contributed by atoms with Crippen molar-refractivity contribution in [3.8, 4) is 11.4 Å². The second kappa shape index (κ2) is 8.24. The van der Waals surface area contributed by atoms with Crippen molar-refractivity contribution in [2.75, 3.05) is 29.0 Å². The molecule has 148 valence electrons. The lowest BCUT2D eigenvalue weighted by Crippen LogP contribution is -2.43. The standard InChI is InChI=1S/C21H23N7O/c22-14-4-3-11-28(13-14)19-8-10-24-12-18(19)27-21(29)20-15(23)6-7-17(26-20)16-5-1-2-9-25-16/h1-2,5-10,12,14H,3-4,11,13,22-23H2,(H,27,29). The Balaban J connectivity index is 1.61. The van der Waals surface area contributed by atoms with E-state index in [1.165, 1.54) is 0 Å². The summed E-state index contributed by atoms with van der Waals surface area (Å²) in [5.74, 6) is -0.393. The van der Waals surface area contributed by atoms with Crippen LogP contribution in [-0.4, -0.2) is 40.0 Å². The van der Waals surface area contributed by atoms with Crippen molar-refractivity contribution in [3.05, 3.63) is 60.7 Å². The largest absolute Gasteiger partial charge is 0.397 e. The number of nitrogen functional groups attached to an aromatic ring is 1. The number of anilines is 3. The molecule has 3 aromatic rings. The zero-order valence-corrected chi connectivity index (χ0v) is 16.0. The van der Waals surface area contributed by atoms with Crippen LogP contribution in [0.1, 0.15) is 23.3 Å². The summed E-state index contributed by atoms with van der Waals surface area (Å²) < 4.78 is 0. The molecule has 1 atom stereocenters. The molecule has 0 aliphatic carbocycles. The number of amides is 1. The predicted molar refractivity (Wildman–Crippen MR) is 113 cm³/mol. The van der Waals surface area contributed by atoms with Crippen LogP contribution in [0.3, 0.4) is 0 Å². The van der Waals surface area contributed by atoms with Crippen molar-refractivity contribution >= 4 is 23.0 Å². The third kappa shape index (κ3) is 4.17. The van der Waals surface area contributed by atoms with Gasteiger partial charge in [0.2, 0.25) is 0 Å². The van der Waals surface area contributed by atoms with Crippen LogP contribution < -0.4 is 21.7 Å². The van der Waals surface area contributed by atoms with E-state index in [9.17, 15) is 4.79 Å². The number of piperidine rings is 1. The Hall–Kier alpha value is -3.52. The molecule has 1 fully saturated rings. The third-order valence-electron chi connectivity index (χ3n) is 4.91. The van der Waals surface area contributed by atoms with Gasteiger partial charge in [-0.1, -0.05) is 6.07 Å². The number of aromatic nitrogens is 3. The number of nitrogens with zero attached hydrogens (tertiary/aromatic N) is 4. The Morgan fingerprint density at radius 2 is 2.03 bits per heavy atom. The molecule has 8 heteroatoms. The normalized spacial score (nSPS) is 16.4. The lowest BCUT2D eigenvalue weighted by Gasteiger charge is -2.33. The van der Waals surface area contributed by atoms with Crippen LogP contribution in [0.2, 0.25) is 0 Å². The van der Waals surface area contributed by atoms with Crippen LogP contribution in [0, 0.1) is 0 Å². The van der Waals surface area contributed by atoms with Crippen molar-refractivity contribution in [3.63, 3.8) is 0 Å². The average Bonchev–Trinajstić information content (AvgIpc) is 2.75. The molecule has 5 N–H and O–H groups in total. The number of hydrogen-bond donors (Lipinski definition) is 3. The van der Waals surface area contributed by atoms with E-state index in [-0.39, 0.29) is 11.7 Å². The number of nitrogens with one attached hydrogen (secondary N) is 1. The van der Waals surface area contributed by atoms with Gasteiger partial charge in [0.25, 0.3) is 5.91 Å². The molecule has 29 heavy (non-hydrogen) atoms. The maximum absolute atomic E-state index is 13.0. The molecule has 0 aromatic carbocycles. The SMILES string of the molecule is Nc1ccc(-c2ccccn2)nc1C(=O)Nc1cnccc1N1CCCC(N)C1. The van der Waals surface area contributed by atoms with Crippen molar-refractivity contribution in [1.29, 1.82) is 0 Å². The molecule has 3 aromatic heterocycles. The lowest BCUT2D eigenvalue weighted by molar-refractivity contribution is 0.102. The van der Waals surface area contributed by atoms with Gasteiger partial charge < -0.3 is 21.7 Å². The van der Waals surface area contributed by atoms with Crippen molar-refractivity contribution in [1.82, 2.24) is 15.0 Å². The highest BCUT2D eigenvalue weighted by atomic mass is 16.1. The number of hydrogen-bond acceptors (Lipinski definition) is 7. The van der Waals surface area contributed by atoms with Crippen molar-refractivity contribution in [2.24, 2.45) is 5.73 Å². The smallest absolute Gasteiger partial charge is 0.276 e. The summed E-state index contributed by atoms with van der Waals surface area (Å²) in [6, 6.07) is 10.9. The van der Waals surface area contributed by atoms with E-state index in [4.69, 9.17) is 11.5 Å². The summed E-state index contributed by atoms with van der Waals surface area (Å²) >= 11 is 0. The Bertz CT molecular complexity index is 1010. The Kier molecular flexibility index (Phi) is 5.35. The maximum Gasteiger partial charge on any atom is 0.276 e. The molecule has 0 radical (unpaired) electrons. The van der Waals surface area contributed by atoms with E-state index in [0.29, 0.717) is 22.8 Å². The van der Waals surface area contributed by atoms with Crippen LogP contribution in [0.4, 0.5) is 17.1 Å². The van der Waals surface area contributed by atoms with Gasteiger partial charge >= 0.3 is 0 Å². The first kappa shape index (κ1) is 18.8. The molecule has 4 rings (SSSR count). The number of rotatable bonds is 4. The van der Waals surface area contributed by atoms with Gasteiger partial charge in [-0.05, 0) is 43.2 Å². The van der Waals surface area contributed by atoms with Crippen LogP contribution in [0.15, 0.2) is 55.0 Å². The molecule has 1 aliphatic heterocycles. The summed E-state index contributed by atoms with van der Waals surface area (Å²) in [6.07, 6.45) is 7.03. The Labute approximate surface area is 169 Å². The van der Waals surface area contributed by atoms with E-state index in [1.54, 1.807) is 30.7 Å². The van der Waals surface area contributed by atoms with E-state index in [0.717, 1.165) is 31.6 Å². The van der Waals surface area contributed by atoms with Crippen LogP contribution in [0.5, 0.6) is 0 Å². The quantitative estimate of drug-likeness (QED) is 0.625. The van der Waals surface area contributed by atoms with Crippen molar-refractivity contribution in [2.45, 2.75) is 18.9 Å². The molecular formula is C21H23N7O. The highest BCUT2D eigenvalue weighted by Gasteiger charge is 2.21. The minimum absolute atomic E-state index is 0.118. The lowest BCUT2D eigenvalue weighted by atomic mass is 10.1. The third-order valence-corrected chi connectivity index (χ3v) is 4.91. The second-order valence-electron chi connectivity index (χ2n) is 7.04. The van der Waals surface area contributed by atoms with Gasteiger partial charge in [-0.15, -0.1) is 0 Å². The second-order valence-corrected chi connectivity index (χ2v) is 7.04. The van der Waals surface area contributed by atoms with Gasteiger partial charge in [-0.3, -0.25) is 14.8 Å². The highest BCUT2D eigenvalue weighted by molar-refractivity contribution is 6.07. The first-order valence-electron chi connectivity index (χ1n) is 9.55. The number of pyridine rings is 3. The molecule has 4 heterocycles. The van der Waals surface area contributed by atoms with Gasteiger partial charge in [0.05, 0.1) is 34.6 Å². The molecule has 0 saturated carbocycles. The number of carbonyl (C=O) groups excluding carboxylic acids is 1. The molecule has 0 spiro atoms. The van der Waals surface area contributed by atoms with Gasteiger partial charge in [-0.2, -0.15) is 0 Å². The fraction of sp³-hybridized carbons (Fsp3) is 0.238. The first-order chi connectivity index (χ1) is 14.1. The van der Waals surface area contributed by atoms with E-state index >= 15 is 0 Å². The summed E-state index contributed by atoms with van der Waals surface area (Å²) in [6.45, 7) is 1.62. The summed E-state index contributed by atoms with van der Waals surface area (Å²) in [4.78, 5) is 28.0. The fourth-order valence-electron chi connectivity index (χ4n) is 3.48. The van der Waals surface area contributed by atoms with Crippen molar-refractivity contribution < 1.29 is 4.79 Å². The molecular weight excluding hydrogens is 366 g/mol. The first-order valence-corrected chi connectivity index (χ1v) is 9.55. The summed E-state index contributed by atoms with van der Waals surface area (Å²) in [5, 5.41) is 2.91.